The topological polar surface area (TPSA) is 99.5 Å². The SMILES string of the molecule is CC(=O)N(CCCCCCN(OC(C)O)C(C)=O)OC(C)O. The van der Waals surface area contributed by atoms with E-state index in [2.05, 4.69) is 0 Å². The Kier molecular flexibility index (Phi) is 10.7. The van der Waals surface area contributed by atoms with E-state index in [0.29, 0.717) is 13.1 Å². The van der Waals surface area contributed by atoms with E-state index in [1.165, 1.54) is 27.7 Å². The molecule has 0 heterocycles. The second kappa shape index (κ2) is 11.4. The molecule has 8 heteroatoms. The van der Waals surface area contributed by atoms with Crippen molar-refractivity contribution in [2.24, 2.45) is 0 Å². The van der Waals surface area contributed by atoms with E-state index in [-0.39, 0.29) is 11.8 Å². The molecule has 2 atom stereocenters. The summed E-state index contributed by atoms with van der Waals surface area (Å²) in [5.41, 5.74) is 0. The number of nitrogens with zero attached hydrogens (tertiary/aromatic N) is 2. The predicted molar refractivity (Wildman–Crippen MR) is 78.8 cm³/mol. The van der Waals surface area contributed by atoms with E-state index < -0.39 is 12.6 Å². The zero-order valence-electron chi connectivity index (χ0n) is 13.8. The number of aliphatic hydroxyl groups excluding tert-OH is 2. The Labute approximate surface area is 131 Å². The summed E-state index contributed by atoms with van der Waals surface area (Å²) in [4.78, 5) is 32.5. The first-order chi connectivity index (χ1) is 10.2. The minimum atomic E-state index is -1.02. The van der Waals surface area contributed by atoms with E-state index in [1.807, 2.05) is 0 Å². The van der Waals surface area contributed by atoms with Gasteiger partial charge >= 0.3 is 0 Å². The Bertz CT molecular complexity index is 303. The Hall–Kier alpha value is -1.22. The summed E-state index contributed by atoms with van der Waals surface area (Å²) in [5, 5.41) is 20.5. The number of hydrogen-bond acceptors (Lipinski definition) is 6. The molecule has 0 saturated carbocycles. The smallest absolute Gasteiger partial charge is 0.243 e. The average Bonchev–Trinajstić information content (AvgIpc) is 2.38. The zero-order chi connectivity index (χ0) is 17.1. The van der Waals surface area contributed by atoms with Gasteiger partial charge in [-0.25, -0.2) is 19.8 Å². The van der Waals surface area contributed by atoms with Crippen LogP contribution in [0.15, 0.2) is 0 Å². The normalized spacial score (nSPS) is 13.5. The van der Waals surface area contributed by atoms with E-state index in [4.69, 9.17) is 19.9 Å². The first-order valence-corrected chi connectivity index (χ1v) is 7.50. The molecular weight excluding hydrogens is 292 g/mol. The number of hydrogen-bond donors (Lipinski definition) is 2. The number of rotatable bonds is 11. The fraction of sp³-hybridized carbons (Fsp3) is 0.857. The molecule has 0 radical (unpaired) electrons. The molecule has 0 rings (SSSR count). The maximum Gasteiger partial charge on any atom is 0.243 e. The van der Waals surface area contributed by atoms with Crippen LogP contribution in [0.5, 0.6) is 0 Å². The van der Waals surface area contributed by atoms with Crippen molar-refractivity contribution in [1.82, 2.24) is 10.1 Å². The lowest BCUT2D eigenvalue weighted by Crippen LogP contribution is -2.34. The van der Waals surface area contributed by atoms with Crippen LogP contribution in [-0.2, 0) is 19.3 Å². The molecule has 8 nitrogen and oxygen atoms in total. The third kappa shape index (κ3) is 10.5. The molecule has 0 aliphatic heterocycles. The third-order valence-corrected chi connectivity index (χ3v) is 2.73. The van der Waals surface area contributed by atoms with Crippen LogP contribution in [0.25, 0.3) is 0 Å². The molecule has 22 heavy (non-hydrogen) atoms. The van der Waals surface area contributed by atoms with Crippen molar-refractivity contribution >= 4 is 11.8 Å². The predicted octanol–water partition coefficient (Wildman–Crippen LogP) is 0.784. The molecule has 0 saturated heterocycles. The molecule has 2 amide bonds. The first-order valence-electron chi connectivity index (χ1n) is 7.50. The standard InChI is InChI=1S/C14H28N2O6/c1-11(17)15(21-13(3)19)9-7-5-6-8-10-16(12(2)18)22-14(4)20/h13-14,19-20H,5-10H2,1-4H3. The van der Waals surface area contributed by atoms with E-state index in [0.717, 1.165) is 35.8 Å². The number of hydroxylamine groups is 4. The van der Waals surface area contributed by atoms with Crippen LogP contribution in [0.2, 0.25) is 0 Å². The summed E-state index contributed by atoms with van der Waals surface area (Å²) in [5.74, 6) is -0.511. The average molecular weight is 320 g/mol. The third-order valence-electron chi connectivity index (χ3n) is 2.73. The number of unbranched alkanes of at least 4 members (excludes halogenated alkanes) is 3. The highest BCUT2D eigenvalue weighted by atomic mass is 16.8. The Morgan fingerprint density at radius 1 is 0.818 bits per heavy atom. The van der Waals surface area contributed by atoms with E-state index >= 15 is 0 Å². The van der Waals surface area contributed by atoms with E-state index in [9.17, 15) is 9.59 Å². The molecular formula is C14H28N2O6. The molecule has 2 unspecified atom stereocenters. The van der Waals surface area contributed by atoms with Crippen LogP contribution in [0, 0.1) is 0 Å². The Balaban J connectivity index is 3.87. The molecule has 0 aromatic rings. The molecule has 0 bridgehead atoms. The van der Waals surface area contributed by atoms with Gasteiger partial charge in [0.15, 0.2) is 12.6 Å². The van der Waals surface area contributed by atoms with Crippen molar-refractivity contribution in [1.29, 1.82) is 0 Å². The lowest BCUT2D eigenvalue weighted by Gasteiger charge is -2.22. The van der Waals surface area contributed by atoms with Crippen molar-refractivity contribution < 1.29 is 29.5 Å². The fourth-order valence-electron chi connectivity index (χ4n) is 1.80. The van der Waals surface area contributed by atoms with Crippen LogP contribution >= 0.6 is 0 Å². The maximum absolute atomic E-state index is 11.3. The monoisotopic (exact) mass is 320 g/mol. The van der Waals surface area contributed by atoms with Gasteiger partial charge in [-0.2, -0.15) is 0 Å². The summed E-state index contributed by atoms with van der Waals surface area (Å²) >= 11 is 0. The quantitative estimate of drug-likeness (QED) is 0.332. The van der Waals surface area contributed by atoms with Crippen molar-refractivity contribution in [2.45, 2.75) is 66.0 Å². The summed E-state index contributed by atoms with van der Waals surface area (Å²) in [6, 6.07) is 0. The molecule has 0 aromatic heterocycles. The van der Waals surface area contributed by atoms with Crippen molar-refractivity contribution in [3.8, 4) is 0 Å². The number of amides is 2. The van der Waals surface area contributed by atoms with Crippen molar-refractivity contribution in [2.75, 3.05) is 13.1 Å². The van der Waals surface area contributed by atoms with Gasteiger partial charge in [-0.15, -0.1) is 0 Å². The summed E-state index contributed by atoms with van der Waals surface area (Å²) < 4.78 is 0. The molecule has 0 aliphatic carbocycles. The lowest BCUT2D eigenvalue weighted by molar-refractivity contribution is -0.249. The Morgan fingerprint density at radius 2 is 1.14 bits per heavy atom. The van der Waals surface area contributed by atoms with Gasteiger partial charge in [0.1, 0.15) is 0 Å². The molecule has 0 fully saturated rings. The number of aliphatic hydroxyl groups is 2. The molecule has 0 aromatic carbocycles. The zero-order valence-corrected chi connectivity index (χ0v) is 13.8. The highest BCUT2D eigenvalue weighted by Crippen LogP contribution is 2.06. The van der Waals surface area contributed by atoms with Gasteiger partial charge in [0, 0.05) is 26.9 Å². The van der Waals surface area contributed by atoms with Gasteiger partial charge in [0.05, 0.1) is 0 Å². The summed E-state index contributed by atoms with van der Waals surface area (Å²) in [6.07, 6.45) is 1.09. The van der Waals surface area contributed by atoms with Gasteiger partial charge in [0.2, 0.25) is 11.8 Å². The second-order valence-corrected chi connectivity index (χ2v) is 5.07. The summed E-state index contributed by atoms with van der Waals surface area (Å²) in [7, 11) is 0. The van der Waals surface area contributed by atoms with Gasteiger partial charge in [0.25, 0.3) is 0 Å². The highest BCUT2D eigenvalue weighted by molar-refractivity contribution is 5.72. The number of carbonyl (C=O) groups is 2. The molecule has 130 valence electrons. The molecule has 2 N–H and O–H groups in total. The lowest BCUT2D eigenvalue weighted by atomic mass is 10.2. The fourth-order valence-corrected chi connectivity index (χ4v) is 1.80. The largest absolute Gasteiger partial charge is 0.366 e. The van der Waals surface area contributed by atoms with Crippen LogP contribution in [0.1, 0.15) is 53.4 Å². The first kappa shape index (κ1) is 20.8. The highest BCUT2D eigenvalue weighted by Gasteiger charge is 2.13. The second-order valence-electron chi connectivity index (χ2n) is 5.07. The van der Waals surface area contributed by atoms with Crippen LogP contribution in [0.4, 0.5) is 0 Å². The van der Waals surface area contributed by atoms with Gasteiger partial charge in [-0.1, -0.05) is 12.8 Å². The maximum atomic E-state index is 11.3. The van der Waals surface area contributed by atoms with Crippen LogP contribution in [-0.4, -0.2) is 57.8 Å². The van der Waals surface area contributed by atoms with Gasteiger partial charge < -0.3 is 10.2 Å². The van der Waals surface area contributed by atoms with Gasteiger partial charge in [-0.3, -0.25) is 9.59 Å². The minimum absolute atomic E-state index is 0.256. The Morgan fingerprint density at radius 3 is 1.36 bits per heavy atom. The van der Waals surface area contributed by atoms with Crippen molar-refractivity contribution in [3.05, 3.63) is 0 Å². The number of carbonyl (C=O) groups excluding carboxylic acids is 2. The van der Waals surface area contributed by atoms with Crippen molar-refractivity contribution in [3.63, 3.8) is 0 Å². The summed E-state index contributed by atoms with van der Waals surface area (Å²) in [6.45, 7) is 6.44. The molecule has 0 aliphatic rings. The minimum Gasteiger partial charge on any atom is -0.366 e. The molecule has 0 spiro atoms. The van der Waals surface area contributed by atoms with Crippen LogP contribution in [0.3, 0.4) is 0 Å². The van der Waals surface area contributed by atoms with E-state index in [1.54, 1.807) is 0 Å². The van der Waals surface area contributed by atoms with Gasteiger partial charge in [-0.05, 0) is 26.7 Å². The van der Waals surface area contributed by atoms with Crippen LogP contribution < -0.4 is 0 Å².